The lowest BCUT2D eigenvalue weighted by Gasteiger charge is -2.10. The molecule has 4 N–H and O–H groups in total. The van der Waals surface area contributed by atoms with Gasteiger partial charge in [0, 0.05) is 18.3 Å². The van der Waals surface area contributed by atoms with Crippen molar-refractivity contribution < 1.29 is 4.79 Å². The van der Waals surface area contributed by atoms with Crippen molar-refractivity contribution in [1.29, 1.82) is 0 Å². The number of carbonyl (C=O) groups excluding carboxylic acids is 1. The second-order valence-electron chi connectivity index (χ2n) is 4.14. The van der Waals surface area contributed by atoms with E-state index in [2.05, 4.69) is 15.6 Å². The number of aromatic amines is 2. The topological polar surface area (TPSA) is 107 Å². The Morgan fingerprint density at radius 2 is 1.95 bits per heavy atom. The Morgan fingerprint density at radius 3 is 2.65 bits per heavy atom. The first kappa shape index (κ1) is 13.8. The van der Waals surface area contributed by atoms with Crippen molar-refractivity contribution in [2.24, 2.45) is 0 Å². The first-order valence-corrected chi connectivity index (χ1v) is 5.97. The molecule has 0 spiro atoms. The molecule has 0 aliphatic heterocycles. The fourth-order valence-corrected chi connectivity index (χ4v) is 1.77. The lowest BCUT2D eigenvalue weighted by molar-refractivity contribution is 0.102. The Hall–Kier alpha value is -2.67. The van der Waals surface area contributed by atoms with E-state index in [-0.39, 0.29) is 5.69 Å². The molecule has 0 atom stereocenters. The second-order valence-corrected chi connectivity index (χ2v) is 4.14. The van der Waals surface area contributed by atoms with Crippen LogP contribution in [0, 0.1) is 0 Å². The van der Waals surface area contributed by atoms with Crippen molar-refractivity contribution >= 4 is 11.6 Å². The number of nitrogens with one attached hydrogen (secondary N) is 4. The molecule has 0 saturated carbocycles. The first-order chi connectivity index (χ1) is 9.60. The summed E-state index contributed by atoms with van der Waals surface area (Å²) in [6.45, 7) is 0.586. The zero-order valence-electron chi connectivity index (χ0n) is 10.8. The minimum Gasteiger partial charge on any atom is -0.320 e. The molecular weight excluding hydrogens is 260 g/mol. The molecule has 0 bridgehead atoms. The normalized spacial score (nSPS) is 10.2. The molecule has 1 amide bonds. The average Bonchev–Trinajstić information content (AvgIpc) is 2.40. The summed E-state index contributed by atoms with van der Waals surface area (Å²) in [5.74, 6) is -0.545. The smallest absolute Gasteiger partial charge is 0.320 e. The predicted octanol–water partition coefficient (Wildman–Crippen LogP) is 0.0349. The number of hydrogen-bond donors (Lipinski definition) is 4. The third kappa shape index (κ3) is 3.21. The van der Waals surface area contributed by atoms with Gasteiger partial charge in [-0.25, -0.2) is 4.79 Å². The van der Waals surface area contributed by atoms with E-state index in [1.807, 2.05) is 17.1 Å². The van der Waals surface area contributed by atoms with Gasteiger partial charge in [0.25, 0.3) is 11.5 Å². The van der Waals surface area contributed by atoms with Gasteiger partial charge in [-0.15, -0.1) is 0 Å². The highest BCUT2D eigenvalue weighted by molar-refractivity contribution is 6.03. The molecule has 0 aliphatic rings. The van der Waals surface area contributed by atoms with E-state index in [4.69, 9.17) is 0 Å². The van der Waals surface area contributed by atoms with E-state index in [1.165, 1.54) is 0 Å². The van der Waals surface area contributed by atoms with Crippen LogP contribution in [-0.4, -0.2) is 22.9 Å². The molecule has 0 fully saturated rings. The number of amides is 1. The molecule has 104 valence electrons. The quantitative estimate of drug-likeness (QED) is 0.631. The number of benzene rings is 1. The zero-order chi connectivity index (χ0) is 14.5. The van der Waals surface area contributed by atoms with Gasteiger partial charge in [-0.3, -0.25) is 14.6 Å². The summed E-state index contributed by atoms with van der Waals surface area (Å²) in [7, 11) is 1.80. The zero-order valence-corrected chi connectivity index (χ0v) is 10.8. The monoisotopic (exact) mass is 274 g/mol. The van der Waals surface area contributed by atoms with Crippen LogP contribution >= 0.6 is 0 Å². The Bertz CT molecular complexity index is 704. The Balaban J connectivity index is 2.28. The van der Waals surface area contributed by atoms with Crippen LogP contribution in [0.4, 0.5) is 5.69 Å². The molecule has 20 heavy (non-hydrogen) atoms. The number of rotatable bonds is 4. The minimum atomic E-state index is -0.717. The van der Waals surface area contributed by atoms with Gasteiger partial charge in [0.05, 0.1) is 0 Å². The Labute approximate surface area is 114 Å². The molecule has 0 unspecified atom stereocenters. The van der Waals surface area contributed by atoms with Crippen LogP contribution in [0.3, 0.4) is 0 Å². The van der Waals surface area contributed by atoms with Crippen molar-refractivity contribution in [2.45, 2.75) is 6.54 Å². The molecule has 2 aromatic rings. The summed E-state index contributed by atoms with van der Waals surface area (Å²) < 4.78 is 0. The van der Waals surface area contributed by atoms with Crippen molar-refractivity contribution in [3.8, 4) is 0 Å². The fraction of sp³-hybridized carbons (Fsp3) is 0.154. The molecule has 2 rings (SSSR count). The number of H-pyrrole nitrogens is 2. The summed E-state index contributed by atoms with van der Waals surface area (Å²) in [5.41, 5.74) is 0.0927. The maximum absolute atomic E-state index is 12.0. The highest BCUT2D eigenvalue weighted by Crippen LogP contribution is 2.15. The highest BCUT2D eigenvalue weighted by atomic mass is 16.2. The number of aromatic nitrogens is 2. The summed E-state index contributed by atoms with van der Waals surface area (Å²) in [5, 5.41) is 5.66. The number of anilines is 1. The number of para-hydroxylation sites is 1. The molecule has 1 heterocycles. The van der Waals surface area contributed by atoms with Gasteiger partial charge in [0.1, 0.15) is 5.69 Å². The van der Waals surface area contributed by atoms with Crippen molar-refractivity contribution in [3.05, 3.63) is 62.4 Å². The molecular formula is C13H14N4O3. The van der Waals surface area contributed by atoms with Gasteiger partial charge in [0.15, 0.2) is 0 Å². The lowest BCUT2D eigenvalue weighted by atomic mass is 10.1. The Morgan fingerprint density at radius 1 is 1.20 bits per heavy atom. The van der Waals surface area contributed by atoms with E-state index >= 15 is 0 Å². The average molecular weight is 274 g/mol. The molecule has 0 radical (unpaired) electrons. The van der Waals surface area contributed by atoms with Crippen LogP contribution < -0.4 is 21.9 Å². The van der Waals surface area contributed by atoms with Crippen LogP contribution in [-0.2, 0) is 6.54 Å². The Kier molecular flexibility index (Phi) is 4.11. The van der Waals surface area contributed by atoms with E-state index in [0.29, 0.717) is 12.2 Å². The van der Waals surface area contributed by atoms with Gasteiger partial charge >= 0.3 is 5.69 Å². The SMILES string of the molecule is CNCc1ccccc1NC(=O)c1cc(=O)[nH]c(=O)[nH]1. The summed E-state index contributed by atoms with van der Waals surface area (Å²) in [6, 6.07) is 8.30. The maximum atomic E-state index is 12.0. The van der Waals surface area contributed by atoms with Crippen molar-refractivity contribution in [2.75, 3.05) is 12.4 Å². The van der Waals surface area contributed by atoms with Gasteiger partial charge in [0.2, 0.25) is 0 Å². The second kappa shape index (κ2) is 5.98. The van der Waals surface area contributed by atoms with Gasteiger partial charge in [-0.1, -0.05) is 18.2 Å². The van der Waals surface area contributed by atoms with Crippen LogP contribution in [0.25, 0.3) is 0 Å². The lowest BCUT2D eigenvalue weighted by Crippen LogP contribution is -2.27. The minimum absolute atomic E-state index is 0.0852. The summed E-state index contributed by atoms with van der Waals surface area (Å²) >= 11 is 0. The fourth-order valence-electron chi connectivity index (χ4n) is 1.77. The molecule has 7 nitrogen and oxygen atoms in total. The molecule has 1 aromatic heterocycles. The van der Waals surface area contributed by atoms with E-state index in [0.717, 1.165) is 11.6 Å². The molecule has 7 heteroatoms. The highest BCUT2D eigenvalue weighted by Gasteiger charge is 2.10. The number of carbonyl (C=O) groups is 1. The van der Waals surface area contributed by atoms with Crippen LogP contribution in [0.15, 0.2) is 39.9 Å². The van der Waals surface area contributed by atoms with Crippen molar-refractivity contribution in [3.63, 3.8) is 0 Å². The third-order valence-corrected chi connectivity index (χ3v) is 2.64. The van der Waals surface area contributed by atoms with Gasteiger partial charge in [-0.05, 0) is 18.7 Å². The predicted molar refractivity (Wildman–Crippen MR) is 74.8 cm³/mol. The van der Waals surface area contributed by atoms with Crippen LogP contribution in [0.2, 0.25) is 0 Å². The first-order valence-electron chi connectivity index (χ1n) is 5.97. The molecule has 1 aromatic carbocycles. The maximum Gasteiger partial charge on any atom is 0.326 e. The largest absolute Gasteiger partial charge is 0.326 e. The van der Waals surface area contributed by atoms with E-state index < -0.39 is 17.2 Å². The van der Waals surface area contributed by atoms with Crippen molar-refractivity contribution in [1.82, 2.24) is 15.3 Å². The van der Waals surface area contributed by atoms with Gasteiger partial charge < -0.3 is 15.6 Å². The van der Waals surface area contributed by atoms with Crippen LogP contribution in [0.1, 0.15) is 16.1 Å². The van der Waals surface area contributed by atoms with Gasteiger partial charge in [-0.2, -0.15) is 0 Å². The van der Waals surface area contributed by atoms with E-state index in [9.17, 15) is 14.4 Å². The van der Waals surface area contributed by atoms with Crippen LogP contribution in [0.5, 0.6) is 0 Å². The van der Waals surface area contributed by atoms with E-state index in [1.54, 1.807) is 19.2 Å². The number of hydrogen-bond acceptors (Lipinski definition) is 4. The summed E-state index contributed by atoms with van der Waals surface area (Å²) in [4.78, 5) is 38.6. The summed E-state index contributed by atoms with van der Waals surface area (Å²) in [6.07, 6.45) is 0. The molecule has 0 saturated heterocycles. The standard InChI is InChI=1S/C13H14N4O3/c1-14-7-8-4-2-3-5-9(8)15-12(19)10-6-11(18)17-13(20)16-10/h2-6,14H,7H2,1H3,(H,15,19)(H2,16,17,18,20). The third-order valence-electron chi connectivity index (χ3n) is 2.64. The molecule has 0 aliphatic carbocycles.